The Hall–Kier alpha value is -1.56. The number of fused-ring (bicyclic) bond motifs is 1. The largest absolute Gasteiger partial charge is 0.490 e. The van der Waals surface area contributed by atoms with E-state index in [0.29, 0.717) is 22.8 Å². The molecule has 0 amide bonds. The first-order valence-corrected chi connectivity index (χ1v) is 8.42. The number of benzene rings is 1. The van der Waals surface area contributed by atoms with Crippen LogP contribution < -0.4 is 10.5 Å². The molecule has 5 nitrogen and oxygen atoms in total. The fourth-order valence-corrected chi connectivity index (χ4v) is 4.04. The van der Waals surface area contributed by atoms with Crippen LogP contribution >= 0.6 is 0 Å². The van der Waals surface area contributed by atoms with Crippen LogP contribution in [0.5, 0.6) is 5.75 Å². The molecule has 1 aromatic carbocycles. The summed E-state index contributed by atoms with van der Waals surface area (Å²) in [5.41, 5.74) is 7.12. The Labute approximate surface area is 118 Å². The van der Waals surface area contributed by atoms with E-state index < -0.39 is 10.0 Å². The van der Waals surface area contributed by atoms with Crippen LogP contribution in [0.1, 0.15) is 37.3 Å². The molecule has 0 aromatic heterocycles. The molecule has 2 unspecified atom stereocenters. The molecular weight excluding hydrogens is 276 g/mol. The molecule has 2 atom stereocenters. The zero-order chi connectivity index (χ0) is 14.3. The summed E-state index contributed by atoms with van der Waals surface area (Å²) >= 11 is 0. The van der Waals surface area contributed by atoms with Crippen molar-refractivity contribution in [1.29, 1.82) is 0 Å². The molecule has 0 radical (unpaired) electrons. The first-order chi connectivity index (χ1) is 9.44. The highest BCUT2D eigenvalue weighted by Gasteiger charge is 2.28. The van der Waals surface area contributed by atoms with Gasteiger partial charge in [0.15, 0.2) is 0 Å². The van der Waals surface area contributed by atoms with E-state index in [1.54, 1.807) is 12.1 Å². The molecular formula is C14H18N2O3S. The van der Waals surface area contributed by atoms with Gasteiger partial charge in [-0.1, -0.05) is 19.1 Å². The van der Waals surface area contributed by atoms with Gasteiger partial charge in [-0.15, -0.1) is 4.40 Å². The number of nitrogens with zero attached hydrogens (tertiary/aromatic N) is 1. The van der Waals surface area contributed by atoms with E-state index in [-0.39, 0.29) is 17.7 Å². The molecule has 108 valence electrons. The van der Waals surface area contributed by atoms with Crippen molar-refractivity contribution in [2.75, 3.05) is 0 Å². The second-order valence-corrected chi connectivity index (χ2v) is 7.29. The highest BCUT2D eigenvalue weighted by Crippen LogP contribution is 2.33. The smallest absolute Gasteiger partial charge is 0.259 e. The van der Waals surface area contributed by atoms with Crippen LogP contribution in [0.4, 0.5) is 0 Å². The quantitative estimate of drug-likeness (QED) is 0.901. The molecule has 6 heteroatoms. The SMILES string of the molecule is CC1CCC(Oc2cccc3c2C(N)=NS(=O)(=O)C3)C1. The fraction of sp³-hybridized carbons (Fsp3) is 0.500. The Kier molecular flexibility index (Phi) is 3.20. The van der Waals surface area contributed by atoms with Gasteiger partial charge in [0, 0.05) is 0 Å². The molecule has 1 fully saturated rings. The van der Waals surface area contributed by atoms with Crippen LogP contribution in [0.15, 0.2) is 22.6 Å². The summed E-state index contributed by atoms with van der Waals surface area (Å²) in [4.78, 5) is 0. The number of hydrogen-bond acceptors (Lipinski definition) is 4. The number of sulfonamides is 1. The van der Waals surface area contributed by atoms with E-state index in [4.69, 9.17) is 10.5 Å². The van der Waals surface area contributed by atoms with Gasteiger partial charge in [-0.25, -0.2) is 8.42 Å². The van der Waals surface area contributed by atoms with Crippen LogP contribution in [0.3, 0.4) is 0 Å². The number of rotatable bonds is 2. The van der Waals surface area contributed by atoms with Crippen molar-refractivity contribution >= 4 is 15.9 Å². The maximum atomic E-state index is 11.6. The number of hydrogen-bond donors (Lipinski definition) is 1. The normalized spacial score (nSPS) is 27.8. The Morgan fingerprint density at radius 3 is 2.85 bits per heavy atom. The lowest BCUT2D eigenvalue weighted by Gasteiger charge is -2.20. The molecule has 0 bridgehead atoms. The molecule has 2 aliphatic rings. The van der Waals surface area contributed by atoms with Gasteiger partial charge < -0.3 is 10.5 Å². The van der Waals surface area contributed by atoms with Crippen molar-refractivity contribution in [3.63, 3.8) is 0 Å². The molecule has 1 saturated carbocycles. The summed E-state index contributed by atoms with van der Waals surface area (Å²) in [6, 6.07) is 5.40. The van der Waals surface area contributed by atoms with E-state index in [2.05, 4.69) is 11.3 Å². The molecule has 1 aromatic rings. The Balaban J connectivity index is 1.94. The minimum Gasteiger partial charge on any atom is -0.490 e. The second kappa shape index (κ2) is 4.77. The molecule has 1 heterocycles. The molecule has 1 aliphatic heterocycles. The van der Waals surface area contributed by atoms with Crippen LogP contribution in [0, 0.1) is 5.92 Å². The summed E-state index contributed by atoms with van der Waals surface area (Å²) in [6.45, 7) is 2.21. The zero-order valence-corrected chi connectivity index (χ0v) is 12.2. The monoisotopic (exact) mass is 294 g/mol. The lowest BCUT2D eigenvalue weighted by atomic mass is 10.1. The van der Waals surface area contributed by atoms with Crippen LogP contribution in [-0.2, 0) is 15.8 Å². The highest BCUT2D eigenvalue weighted by atomic mass is 32.2. The van der Waals surface area contributed by atoms with Crippen LogP contribution in [-0.4, -0.2) is 20.4 Å². The van der Waals surface area contributed by atoms with Gasteiger partial charge in [0.05, 0.1) is 17.4 Å². The van der Waals surface area contributed by atoms with Crippen molar-refractivity contribution < 1.29 is 13.2 Å². The number of ether oxygens (including phenoxy) is 1. The lowest BCUT2D eigenvalue weighted by molar-refractivity contribution is 0.205. The molecule has 0 saturated heterocycles. The van der Waals surface area contributed by atoms with Crippen molar-refractivity contribution in [3.8, 4) is 5.75 Å². The first kappa shape index (κ1) is 13.4. The summed E-state index contributed by atoms with van der Waals surface area (Å²) in [5.74, 6) is 1.25. The van der Waals surface area contributed by atoms with Gasteiger partial charge in [0.1, 0.15) is 11.6 Å². The van der Waals surface area contributed by atoms with Crippen molar-refractivity contribution in [3.05, 3.63) is 29.3 Å². The zero-order valence-electron chi connectivity index (χ0n) is 11.4. The average molecular weight is 294 g/mol. The molecule has 3 rings (SSSR count). The van der Waals surface area contributed by atoms with Crippen LogP contribution in [0.2, 0.25) is 0 Å². The van der Waals surface area contributed by atoms with E-state index in [9.17, 15) is 8.42 Å². The Morgan fingerprint density at radius 2 is 2.15 bits per heavy atom. The van der Waals surface area contributed by atoms with E-state index in [1.807, 2.05) is 6.07 Å². The fourth-order valence-electron chi connectivity index (χ4n) is 2.95. The minimum absolute atomic E-state index is 0.0351. The van der Waals surface area contributed by atoms with E-state index in [1.165, 1.54) is 0 Å². The Morgan fingerprint density at radius 1 is 1.35 bits per heavy atom. The third-order valence-corrected chi connectivity index (χ3v) is 5.04. The Bertz CT molecular complexity index is 667. The first-order valence-electron chi connectivity index (χ1n) is 6.81. The molecule has 1 aliphatic carbocycles. The minimum atomic E-state index is -3.49. The van der Waals surface area contributed by atoms with Crippen molar-refractivity contribution in [2.24, 2.45) is 16.0 Å². The van der Waals surface area contributed by atoms with Gasteiger partial charge in [0.2, 0.25) is 0 Å². The van der Waals surface area contributed by atoms with Gasteiger partial charge in [-0.3, -0.25) is 0 Å². The summed E-state index contributed by atoms with van der Waals surface area (Å²) < 4.78 is 32.8. The van der Waals surface area contributed by atoms with Crippen molar-refractivity contribution in [2.45, 2.75) is 38.0 Å². The van der Waals surface area contributed by atoms with E-state index in [0.717, 1.165) is 19.3 Å². The standard InChI is InChI=1S/C14H18N2O3S/c1-9-5-6-11(7-9)19-12-4-2-3-10-8-20(17,18)16-14(15)13(10)12/h2-4,9,11H,5-8H2,1H3,(H2,15,16). The highest BCUT2D eigenvalue weighted by molar-refractivity contribution is 7.89. The molecule has 0 spiro atoms. The molecule has 2 N–H and O–H groups in total. The van der Waals surface area contributed by atoms with Crippen molar-refractivity contribution in [1.82, 2.24) is 0 Å². The number of amidine groups is 1. The molecule has 20 heavy (non-hydrogen) atoms. The van der Waals surface area contributed by atoms with Gasteiger partial charge >= 0.3 is 0 Å². The van der Waals surface area contributed by atoms with Gasteiger partial charge in [-0.05, 0) is 36.8 Å². The maximum Gasteiger partial charge on any atom is 0.259 e. The topological polar surface area (TPSA) is 81.8 Å². The summed E-state index contributed by atoms with van der Waals surface area (Å²) in [6.07, 6.45) is 3.40. The third kappa shape index (κ3) is 2.52. The third-order valence-electron chi connectivity index (χ3n) is 3.88. The lowest BCUT2D eigenvalue weighted by Crippen LogP contribution is -2.25. The second-order valence-electron chi connectivity index (χ2n) is 5.65. The van der Waals surface area contributed by atoms with Gasteiger partial charge in [0.25, 0.3) is 10.0 Å². The predicted molar refractivity (Wildman–Crippen MR) is 77.2 cm³/mol. The summed E-state index contributed by atoms with van der Waals surface area (Å²) in [5, 5.41) is 0. The summed E-state index contributed by atoms with van der Waals surface area (Å²) in [7, 11) is -3.49. The van der Waals surface area contributed by atoms with Crippen LogP contribution in [0.25, 0.3) is 0 Å². The van der Waals surface area contributed by atoms with Gasteiger partial charge in [-0.2, -0.15) is 0 Å². The predicted octanol–water partition coefficient (Wildman–Crippen LogP) is 1.80. The maximum absolute atomic E-state index is 11.6. The van der Waals surface area contributed by atoms with E-state index >= 15 is 0 Å². The number of nitrogens with two attached hydrogens (primary N) is 1. The average Bonchev–Trinajstić information content (AvgIpc) is 2.72.